The molecule has 0 radical (unpaired) electrons. The third kappa shape index (κ3) is 3.81. The van der Waals surface area contributed by atoms with Gasteiger partial charge in [0, 0.05) is 12.0 Å². The quantitative estimate of drug-likeness (QED) is 0.626. The largest absolute Gasteiger partial charge is 0.380 e. The molecule has 0 aliphatic heterocycles. The molecule has 1 N–H and O–H groups in total. The standard InChI is InChI=1S/C9H17NO/c1-6(2)9(11)8(5)10-7(3)4/h6-7,10H,5H2,1-4H3. The molecule has 0 rings (SSSR count). The average Bonchev–Trinajstić information content (AvgIpc) is 1.84. The molecule has 0 fully saturated rings. The van der Waals surface area contributed by atoms with Crippen LogP contribution in [0.15, 0.2) is 12.3 Å². The van der Waals surface area contributed by atoms with Crippen LogP contribution in [0.1, 0.15) is 27.7 Å². The van der Waals surface area contributed by atoms with E-state index in [1.165, 1.54) is 0 Å². The van der Waals surface area contributed by atoms with Gasteiger partial charge in [-0.05, 0) is 13.8 Å². The number of ketones is 1. The van der Waals surface area contributed by atoms with Crippen molar-refractivity contribution in [2.24, 2.45) is 5.92 Å². The maximum Gasteiger partial charge on any atom is 0.180 e. The van der Waals surface area contributed by atoms with E-state index in [-0.39, 0.29) is 17.7 Å². The molecule has 0 aliphatic carbocycles. The van der Waals surface area contributed by atoms with E-state index in [4.69, 9.17) is 0 Å². The Hall–Kier alpha value is -0.790. The molecule has 2 heteroatoms. The van der Waals surface area contributed by atoms with E-state index in [0.29, 0.717) is 5.70 Å². The molecular formula is C9H17NO. The summed E-state index contributed by atoms with van der Waals surface area (Å²) in [6, 6.07) is 0.283. The van der Waals surface area contributed by atoms with Crippen molar-refractivity contribution < 1.29 is 4.79 Å². The normalized spacial score (nSPS) is 10.4. The van der Waals surface area contributed by atoms with Crippen molar-refractivity contribution in [1.29, 1.82) is 0 Å². The molecule has 0 aromatic rings. The molecule has 0 amide bonds. The van der Waals surface area contributed by atoms with Crippen molar-refractivity contribution in [3.63, 3.8) is 0 Å². The first kappa shape index (κ1) is 10.2. The van der Waals surface area contributed by atoms with Gasteiger partial charge in [-0.25, -0.2) is 0 Å². The van der Waals surface area contributed by atoms with Gasteiger partial charge in [0.2, 0.25) is 0 Å². The lowest BCUT2D eigenvalue weighted by Crippen LogP contribution is -2.28. The molecule has 0 spiro atoms. The van der Waals surface area contributed by atoms with Crippen LogP contribution in [0.4, 0.5) is 0 Å². The number of rotatable bonds is 4. The molecule has 0 aromatic carbocycles. The Labute approximate surface area is 68.7 Å². The lowest BCUT2D eigenvalue weighted by Gasteiger charge is -2.12. The van der Waals surface area contributed by atoms with Gasteiger partial charge in [-0.3, -0.25) is 4.79 Å². The van der Waals surface area contributed by atoms with Gasteiger partial charge in [-0.15, -0.1) is 0 Å². The van der Waals surface area contributed by atoms with Crippen LogP contribution in [0.25, 0.3) is 0 Å². The summed E-state index contributed by atoms with van der Waals surface area (Å²) in [7, 11) is 0. The smallest absolute Gasteiger partial charge is 0.180 e. The van der Waals surface area contributed by atoms with Crippen LogP contribution in [-0.4, -0.2) is 11.8 Å². The van der Waals surface area contributed by atoms with E-state index in [0.717, 1.165) is 0 Å². The Morgan fingerprint density at radius 1 is 1.27 bits per heavy atom. The number of carbonyl (C=O) groups excluding carboxylic acids is 1. The molecule has 0 atom stereocenters. The molecule has 0 saturated heterocycles. The van der Waals surface area contributed by atoms with E-state index in [9.17, 15) is 4.79 Å². The van der Waals surface area contributed by atoms with E-state index >= 15 is 0 Å². The number of Topliss-reactive ketones (excluding diaryl/α,β-unsaturated/α-hetero) is 1. The minimum Gasteiger partial charge on any atom is -0.380 e. The van der Waals surface area contributed by atoms with Crippen LogP contribution in [0.3, 0.4) is 0 Å². The Bertz CT molecular complexity index is 159. The molecular weight excluding hydrogens is 138 g/mol. The number of carbonyl (C=O) groups is 1. The molecule has 0 saturated carbocycles. The summed E-state index contributed by atoms with van der Waals surface area (Å²) in [5.41, 5.74) is 0.523. The van der Waals surface area contributed by atoms with Crippen LogP contribution in [-0.2, 0) is 4.79 Å². The van der Waals surface area contributed by atoms with E-state index in [1.807, 2.05) is 27.7 Å². The highest BCUT2D eigenvalue weighted by atomic mass is 16.1. The second-order valence-corrected chi connectivity index (χ2v) is 3.30. The number of nitrogens with one attached hydrogen (secondary N) is 1. The van der Waals surface area contributed by atoms with Gasteiger partial charge in [-0.2, -0.15) is 0 Å². The van der Waals surface area contributed by atoms with Gasteiger partial charge in [0.1, 0.15) is 0 Å². The van der Waals surface area contributed by atoms with Crippen LogP contribution in [0, 0.1) is 5.92 Å². The van der Waals surface area contributed by atoms with Crippen molar-refractivity contribution in [1.82, 2.24) is 5.32 Å². The summed E-state index contributed by atoms with van der Waals surface area (Å²) in [5.74, 6) is 0.132. The molecule has 0 bridgehead atoms. The zero-order chi connectivity index (χ0) is 9.02. The molecule has 64 valence electrons. The van der Waals surface area contributed by atoms with Gasteiger partial charge >= 0.3 is 0 Å². The van der Waals surface area contributed by atoms with Gasteiger partial charge < -0.3 is 5.32 Å². The second-order valence-electron chi connectivity index (χ2n) is 3.30. The summed E-state index contributed by atoms with van der Waals surface area (Å²) in [5, 5.41) is 2.98. The molecule has 0 unspecified atom stereocenters. The van der Waals surface area contributed by atoms with Crippen molar-refractivity contribution >= 4 is 5.78 Å². The van der Waals surface area contributed by atoms with Crippen LogP contribution >= 0.6 is 0 Å². The van der Waals surface area contributed by atoms with Crippen LogP contribution < -0.4 is 5.32 Å². The highest BCUT2D eigenvalue weighted by Gasteiger charge is 2.11. The monoisotopic (exact) mass is 155 g/mol. The number of hydrogen-bond acceptors (Lipinski definition) is 2. The minimum atomic E-state index is 0.0359. The lowest BCUT2D eigenvalue weighted by molar-refractivity contribution is -0.118. The lowest BCUT2D eigenvalue weighted by atomic mass is 10.1. The van der Waals surface area contributed by atoms with Gasteiger partial charge in [0.25, 0.3) is 0 Å². The zero-order valence-electron chi connectivity index (χ0n) is 7.77. The summed E-state index contributed by atoms with van der Waals surface area (Å²) >= 11 is 0. The second kappa shape index (κ2) is 4.16. The van der Waals surface area contributed by atoms with Gasteiger partial charge in [-0.1, -0.05) is 20.4 Å². The average molecular weight is 155 g/mol. The SMILES string of the molecule is C=C(NC(C)C)C(=O)C(C)C. The zero-order valence-corrected chi connectivity index (χ0v) is 7.77. The summed E-state index contributed by atoms with van der Waals surface area (Å²) in [6.45, 7) is 11.4. The first-order valence-corrected chi connectivity index (χ1v) is 3.94. The Balaban J connectivity index is 3.94. The fourth-order valence-corrected chi connectivity index (χ4v) is 0.768. The molecule has 0 heterocycles. The number of allylic oxidation sites excluding steroid dienone is 1. The van der Waals surface area contributed by atoms with E-state index < -0.39 is 0 Å². The first-order chi connectivity index (χ1) is 4.95. The third-order valence-corrected chi connectivity index (χ3v) is 1.28. The predicted octanol–water partition coefficient (Wildman–Crippen LogP) is 1.72. The fraction of sp³-hybridized carbons (Fsp3) is 0.667. The third-order valence-electron chi connectivity index (χ3n) is 1.28. The minimum absolute atomic E-state index is 0.0359. The van der Waals surface area contributed by atoms with E-state index in [1.54, 1.807) is 0 Å². The van der Waals surface area contributed by atoms with Crippen molar-refractivity contribution in [2.45, 2.75) is 33.7 Å². The maximum atomic E-state index is 11.2. The Morgan fingerprint density at radius 2 is 1.73 bits per heavy atom. The fourth-order valence-electron chi connectivity index (χ4n) is 0.768. The highest BCUT2D eigenvalue weighted by molar-refractivity contribution is 5.95. The summed E-state index contributed by atoms with van der Waals surface area (Å²) < 4.78 is 0. The first-order valence-electron chi connectivity index (χ1n) is 3.94. The van der Waals surface area contributed by atoms with Crippen LogP contribution in [0.5, 0.6) is 0 Å². The molecule has 0 aliphatic rings. The van der Waals surface area contributed by atoms with Gasteiger partial charge in [0.15, 0.2) is 5.78 Å². The Morgan fingerprint density at radius 3 is 2.00 bits per heavy atom. The van der Waals surface area contributed by atoms with Crippen LogP contribution in [0.2, 0.25) is 0 Å². The maximum absolute atomic E-state index is 11.2. The van der Waals surface area contributed by atoms with Crippen molar-refractivity contribution in [3.8, 4) is 0 Å². The van der Waals surface area contributed by atoms with Crippen molar-refractivity contribution in [3.05, 3.63) is 12.3 Å². The summed E-state index contributed by atoms with van der Waals surface area (Å²) in [6.07, 6.45) is 0. The van der Waals surface area contributed by atoms with Gasteiger partial charge in [0.05, 0.1) is 5.70 Å². The number of hydrogen-bond donors (Lipinski definition) is 1. The highest BCUT2D eigenvalue weighted by Crippen LogP contribution is 2.01. The molecule has 0 aromatic heterocycles. The summed E-state index contributed by atoms with van der Waals surface area (Å²) in [4.78, 5) is 11.2. The predicted molar refractivity (Wildman–Crippen MR) is 47.3 cm³/mol. The molecule has 11 heavy (non-hydrogen) atoms. The van der Waals surface area contributed by atoms with Crippen molar-refractivity contribution in [2.75, 3.05) is 0 Å². The topological polar surface area (TPSA) is 29.1 Å². The molecule has 2 nitrogen and oxygen atoms in total. The van der Waals surface area contributed by atoms with E-state index in [2.05, 4.69) is 11.9 Å². The Kier molecular flexibility index (Phi) is 3.86.